The van der Waals surface area contributed by atoms with Crippen molar-refractivity contribution in [3.05, 3.63) is 54.5 Å². The van der Waals surface area contributed by atoms with Crippen LogP contribution in [0.5, 0.6) is 5.75 Å². The van der Waals surface area contributed by atoms with Crippen molar-refractivity contribution in [2.75, 3.05) is 31.1 Å². The Morgan fingerprint density at radius 2 is 1.82 bits per heavy atom. The summed E-state index contributed by atoms with van der Waals surface area (Å²) in [5.41, 5.74) is 0.808. The van der Waals surface area contributed by atoms with Crippen LogP contribution in [0.25, 0.3) is 11.5 Å². The lowest BCUT2D eigenvalue weighted by atomic mass is 10.2. The molecule has 3 aromatic rings. The van der Waals surface area contributed by atoms with Gasteiger partial charge in [0.2, 0.25) is 5.82 Å². The van der Waals surface area contributed by atoms with Crippen LogP contribution in [0.4, 0.5) is 5.82 Å². The summed E-state index contributed by atoms with van der Waals surface area (Å²) in [7, 11) is 0. The fourth-order valence-electron chi connectivity index (χ4n) is 3.26. The molecule has 7 nitrogen and oxygen atoms in total. The summed E-state index contributed by atoms with van der Waals surface area (Å²) < 4.78 is 11.0. The number of aromatic nitrogens is 3. The average Bonchev–Trinajstić information content (AvgIpc) is 3.22. The maximum Gasteiger partial charge on any atom is 0.259 e. The van der Waals surface area contributed by atoms with Crippen molar-refractivity contribution in [1.82, 2.24) is 20.0 Å². The van der Waals surface area contributed by atoms with Gasteiger partial charge in [0.05, 0.1) is 5.56 Å². The predicted molar refractivity (Wildman–Crippen MR) is 107 cm³/mol. The third kappa shape index (κ3) is 4.31. The smallest absolute Gasteiger partial charge is 0.259 e. The van der Waals surface area contributed by atoms with Crippen LogP contribution in [0.1, 0.15) is 19.7 Å². The number of para-hydroxylation sites is 1. The Kier molecular flexibility index (Phi) is 5.53. The predicted octanol–water partition coefficient (Wildman–Crippen LogP) is 3.24. The van der Waals surface area contributed by atoms with Gasteiger partial charge in [-0.15, -0.1) is 0 Å². The van der Waals surface area contributed by atoms with E-state index in [1.54, 1.807) is 6.20 Å². The van der Waals surface area contributed by atoms with Crippen molar-refractivity contribution < 1.29 is 9.26 Å². The highest BCUT2D eigenvalue weighted by atomic mass is 16.5. The molecule has 1 fully saturated rings. The molecule has 1 saturated heterocycles. The van der Waals surface area contributed by atoms with Crippen molar-refractivity contribution in [3.63, 3.8) is 0 Å². The maximum atomic E-state index is 5.65. The number of rotatable bonds is 6. The van der Waals surface area contributed by atoms with Crippen LogP contribution < -0.4 is 9.64 Å². The van der Waals surface area contributed by atoms with Gasteiger partial charge in [-0.05, 0) is 38.1 Å². The fraction of sp³-hybridized carbons (Fsp3) is 0.381. The Labute approximate surface area is 164 Å². The van der Waals surface area contributed by atoms with Gasteiger partial charge in [-0.25, -0.2) is 4.98 Å². The molecule has 0 radical (unpaired) electrons. The summed E-state index contributed by atoms with van der Waals surface area (Å²) in [6.07, 6.45) is 1.79. The molecule has 146 valence electrons. The zero-order valence-corrected chi connectivity index (χ0v) is 16.3. The molecule has 0 aliphatic carbocycles. The summed E-state index contributed by atoms with van der Waals surface area (Å²) in [5, 5.41) is 3.99. The van der Waals surface area contributed by atoms with Gasteiger partial charge < -0.3 is 14.2 Å². The molecule has 0 bridgehead atoms. The van der Waals surface area contributed by atoms with E-state index in [9.17, 15) is 0 Å². The molecular formula is C21H25N5O2. The summed E-state index contributed by atoms with van der Waals surface area (Å²) in [4.78, 5) is 13.8. The second kappa shape index (κ2) is 8.39. The standard InChI is InChI=1S/C21H25N5O2/c1-16(2)25-10-12-26(13-11-25)20-9-8-17(14-22-20)21-23-19(24-28-21)15-27-18-6-4-3-5-7-18/h3-9,14,16H,10-13,15H2,1-2H3. The average molecular weight is 379 g/mol. The zero-order chi connectivity index (χ0) is 19.3. The minimum atomic E-state index is 0.263. The number of anilines is 1. The molecule has 4 rings (SSSR count). The van der Waals surface area contributed by atoms with E-state index in [1.807, 2.05) is 42.5 Å². The van der Waals surface area contributed by atoms with E-state index >= 15 is 0 Å². The van der Waals surface area contributed by atoms with Crippen LogP contribution in [-0.2, 0) is 6.61 Å². The lowest BCUT2D eigenvalue weighted by Gasteiger charge is -2.37. The zero-order valence-electron chi connectivity index (χ0n) is 16.3. The Morgan fingerprint density at radius 3 is 2.50 bits per heavy atom. The second-order valence-corrected chi connectivity index (χ2v) is 7.14. The van der Waals surface area contributed by atoms with Gasteiger partial charge in [-0.3, -0.25) is 4.90 Å². The molecule has 1 aliphatic heterocycles. The van der Waals surface area contributed by atoms with Crippen molar-refractivity contribution >= 4 is 5.82 Å². The summed E-state index contributed by atoms with van der Waals surface area (Å²) in [5.74, 6) is 2.72. The summed E-state index contributed by atoms with van der Waals surface area (Å²) >= 11 is 0. The molecule has 0 unspecified atom stereocenters. The van der Waals surface area contributed by atoms with Crippen LogP contribution in [0.2, 0.25) is 0 Å². The van der Waals surface area contributed by atoms with E-state index in [1.165, 1.54) is 0 Å². The highest BCUT2D eigenvalue weighted by molar-refractivity contribution is 5.54. The first-order chi connectivity index (χ1) is 13.7. The second-order valence-electron chi connectivity index (χ2n) is 7.14. The van der Waals surface area contributed by atoms with Gasteiger partial charge in [-0.1, -0.05) is 23.4 Å². The molecule has 7 heteroatoms. The van der Waals surface area contributed by atoms with Crippen LogP contribution in [0.3, 0.4) is 0 Å². The molecule has 1 aliphatic rings. The van der Waals surface area contributed by atoms with Gasteiger partial charge in [0.1, 0.15) is 11.6 Å². The van der Waals surface area contributed by atoms with Crippen molar-refractivity contribution in [1.29, 1.82) is 0 Å². The number of nitrogens with zero attached hydrogens (tertiary/aromatic N) is 5. The first-order valence-electron chi connectivity index (χ1n) is 9.65. The molecule has 2 aromatic heterocycles. The molecule has 0 N–H and O–H groups in total. The SMILES string of the molecule is CC(C)N1CCN(c2ccc(-c3nc(COc4ccccc4)no3)cn2)CC1. The number of ether oxygens (including phenoxy) is 1. The van der Waals surface area contributed by atoms with Gasteiger partial charge >= 0.3 is 0 Å². The van der Waals surface area contributed by atoms with E-state index in [-0.39, 0.29) is 6.61 Å². The molecule has 28 heavy (non-hydrogen) atoms. The highest BCUT2D eigenvalue weighted by Gasteiger charge is 2.20. The minimum absolute atomic E-state index is 0.263. The van der Waals surface area contributed by atoms with Crippen LogP contribution in [0, 0.1) is 0 Å². The monoisotopic (exact) mass is 379 g/mol. The normalized spacial score (nSPS) is 15.2. The molecule has 0 spiro atoms. The van der Waals surface area contributed by atoms with E-state index in [0.717, 1.165) is 43.3 Å². The van der Waals surface area contributed by atoms with Gasteiger partial charge in [-0.2, -0.15) is 4.98 Å². The Morgan fingerprint density at radius 1 is 1.04 bits per heavy atom. The van der Waals surface area contributed by atoms with Crippen molar-refractivity contribution in [3.8, 4) is 17.2 Å². The lowest BCUT2D eigenvalue weighted by Crippen LogP contribution is -2.49. The van der Waals surface area contributed by atoms with Crippen molar-refractivity contribution in [2.45, 2.75) is 26.5 Å². The molecule has 1 aromatic carbocycles. The minimum Gasteiger partial charge on any atom is -0.485 e. The van der Waals surface area contributed by atoms with Crippen LogP contribution in [-0.4, -0.2) is 52.2 Å². The quantitative estimate of drug-likeness (QED) is 0.651. The van der Waals surface area contributed by atoms with Gasteiger partial charge in [0.15, 0.2) is 6.61 Å². The highest BCUT2D eigenvalue weighted by Crippen LogP contribution is 2.21. The molecule has 0 saturated carbocycles. The first kappa shape index (κ1) is 18.4. The van der Waals surface area contributed by atoms with Gasteiger partial charge in [0, 0.05) is 38.4 Å². The number of pyridine rings is 1. The van der Waals surface area contributed by atoms with E-state index in [4.69, 9.17) is 9.26 Å². The first-order valence-corrected chi connectivity index (χ1v) is 9.65. The molecule has 0 amide bonds. The van der Waals surface area contributed by atoms with E-state index < -0.39 is 0 Å². The summed E-state index contributed by atoms with van der Waals surface area (Å²) in [6, 6.07) is 14.2. The number of hydrogen-bond acceptors (Lipinski definition) is 7. The number of benzene rings is 1. The molecule has 3 heterocycles. The Balaban J connectivity index is 1.36. The van der Waals surface area contributed by atoms with Crippen molar-refractivity contribution in [2.24, 2.45) is 0 Å². The summed E-state index contributed by atoms with van der Waals surface area (Å²) in [6.45, 7) is 8.86. The number of piperazine rings is 1. The molecule has 0 atom stereocenters. The number of hydrogen-bond donors (Lipinski definition) is 0. The Hall–Kier alpha value is -2.93. The lowest BCUT2D eigenvalue weighted by molar-refractivity contribution is 0.209. The van der Waals surface area contributed by atoms with Crippen LogP contribution >= 0.6 is 0 Å². The maximum absolute atomic E-state index is 5.65. The topological polar surface area (TPSA) is 67.5 Å². The van der Waals surface area contributed by atoms with Crippen LogP contribution in [0.15, 0.2) is 53.2 Å². The fourth-order valence-corrected chi connectivity index (χ4v) is 3.26. The molecular weight excluding hydrogens is 354 g/mol. The van der Waals surface area contributed by atoms with E-state index in [2.05, 4.69) is 38.8 Å². The van der Waals surface area contributed by atoms with E-state index in [0.29, 0.717) is 17.8 Å². The Bertz CT molecular complexity index is 871. The largest absolute Gasteiger partial charge is 0.485 e. The third-order valence-corrected chi connectivity index (χ3v) is 4.94. The van der Waals surface area contributed by atoms with Gasteiger partial charge in [0.25, 0.3) is 5.89 Å². The third-order valence-electron chi connectivity index (χ3n) is 4.94.